The minimum absolute atomic E-state index is 0.170. The predicted octanol–water partition coefficient (Wildman–Crippen LogP) is 1.33. The number of amides is 1. The van der Waals surface area contributed by atoms with Crippen LogP contribution in [-0.4, -0.2) is 57.3 Å². The molecule has 3 aliphatic rings. The molecule has 31 heavy (non-hydrogen) atoms. The first kappa shape index (κ1) is 20.4. The van der Waals surface area contributed by atoms with Crippen LogP contribution < -0.4 is 15.4 Å². The molecule has 8 heteroatoms. The first-order valence-electron chi connectivity index (χ1n) is 10.9. The van der Waals surface area contributed by atoms with E-state index in [9.17, 15) is 15.0 Å². The third kappa shape index (κ3) is 4.04. The highest BCUT2D eigenvalue weighted by atomic mass is 16.5. The molecule has 1 fully saturated rings. The second kappa shape index (κ2) is 8.20. The van der Waals surface area contributed by atoms with Crippen molar-refractivity contribution in [1.82, 2.24) is 15.2 Å². The molecule has 5 rings (SSSR count). The second-order valence-corrected chi connectivity index (χ2v) is 8.71. The van der Waals surface area contributed by atoms with Crippen LogP contribution in [0.15, 0.2) is 36.4 Å². The normalized spacial score (nSPS) is 21.3. The first-order valence-corrected chi connectivity index (χ1v) is 10.9. The first-order chi connectivity index (χ1) is 15.0. The average molecular weight is 425 g/mol. The van der Waals surface area contributed by atoms with Gasteiger partial charge in [-0.25, -0.2) is 4.98 Å². The fraction of sp³-hybridized carbons (Fsp3) is 0.478. The summed E-state index contributed by atoms with van der Waals surface area (Å²) in [4.78, 5) is 18.9. The van der Waals surface area contributed by atoms with E-state index in [0.717, 1.165) is 25.9 Å². The maximum atomic E-state index is 12.3. The van der Waals surface area contributed by atoms with E-state index in [0.29, 0.717) is 36.6 Å². The molecule has 1 aromatic carbocycles. The van der Waals surface area contributed by atoms with Crippen LogP contribution >= 0.6 is 0 Å². The van der Waals surface area contributed by atoms with Gasteiger partial charge >= 0.3 is 0 Å². The van der Waals surface area contributed by atoms with Gasteiger partial charge in [-0.3, -0.25) is 15.0 Å². The molecule has 1 amide bonds. The molecule has 4 N–H and O–H groups in total. The van der Waals surface area contributed by atoms with E-state index < -0.39 is 17.9 Å². The van der Waals surface area contributed by atoms with Crippen LogP contribution in [0.25, 0.3) is 0 Å². The fourth-order valence-corrected chi connectivity index (χ4v) is 4.52. The number of hydrogen-bond acceptors (Lipinski definition) is 7. The number of rotatable bonds is 6. The maximum absolute atomic E-state index is 12.3. The van der Waals surface area contributed by atoms with Crippen LogP contribution in [0.2, 0.25) is 0 Å². The number of aliphatic hydroxyl groups is 2. The molecule has 0 radical (unpaired) electrons. The maximum Gasteiger partial charge on any atom is 0.269 e. The zero-order valence-corrected chi connectivity index (χ0v) is 17.4. The number of nitrogens with one attached hydrogen (secondary N) is 2. The van der Waals surface area contributed by atoms with Gasteiger partial charge < -0.3 is 20.3 Å². The number of hydrogen-bond donors (Lipinski definition) is 4. The molecular weight excluding hydrogens is 396 g/mol. The molecule has 164 valence electrons. The number of carbonyl (C=O) groups is 1. The number of pyridine rings is 1. The molecular formula is C23H28N4O4. The van der Waals surface area contributed by atoms with Crippen molar-refractivity contribution < 1.29 is 19.7 Å². The van der Waals surface area contributed by atoms with Gasteiger partial charge in [0.2, 0.25) is 0 Å². The summed E-state index contributed by atoms with van der Waals surface area (Å²) in [5.74, 6) is 0.686. The van der Waals surface area contributed by atoms with Gasteiger partial charge in [-0.15, -0.1) is 0 Å². The van der Waals surface area contributed by atoms with Crippen molar-refractivity contribution in [3.05, 3.63) is 53.2 Å². The molecule has 1 unspecified atom stereocenters. The molecule has 1 aromatic heterocycles. The number of ether oxygens (including phenoxy) is 1. The summed E-state index contributed by atoms with van der Waals surface area (Å²) in [6.45, 7) is 2.48. The Balaban J connectivity index is 1.14. The van der Waals surface area contributed by atoms with E-state index in [-0.39, 0.29) is 12.5 Å². The van der Waals surface area contributed by atoms with E-state index in [4.69, 9.17) is 4.74 Å². The number of aromatic nitrogens is 1. The largest absolute Gasteiger partial charge is 0.474 e. The standard InChI is InChI=1S/C23H28N4O4/c28-17(14-27-11-8-15-4-1-2-5-16(15)13-27)12-24-21(29)18-6-7-19-20(25-18)26-22(30)23(31-19)9-3-10-23/h1-2,4-7,17,21,24,28-29H,3,8-14H2,(H,25,26,30)/t17-,21?/m0/s1. The Bertz CT molecular complexity index is 978. The van der Waals surface area contributed by atoms with Crippen molar-refractivity contribution in [3.8, 4) is 5.75 Å². The van der Waals surface area contributed by atoms with Gasteiger partial charge in [0.15, 0.2) is 17.2 Å². The fourth-order valence-electron chi connectivity index (χ4n) is 4.52. The third-order valence-corrected chi connectivity index (χ3v) is 6.50. The van der Waals surface area contributed by atoms with Crippen molar-refractivity contribution in [2.45, 2.75) is 50.2 Å². The summed E-state index contributed by atoms with van der Waals surface area (Å²) in [6.07, 6.45) is 1.70. The molecule has 1 spiro atoms. The van der Waals surface area contributed by atoms with Crippen molar-refractivity contribution in [2.75, 3.05) is 25.0 Å². The topological polar surface area (TPSA) is 107 Å². The highest BCUT2D eigenvalue weighted by Crippen LogP contribution is 2.43. The Morgan fingerprint density at radius 2 is 2.00 bits per heavy atom. The Kier molecular flexibility index (Phi) is 5.39. The molecule has 1 saturated carbocycles. The zero-order chi connectivity index (χ0) is 21.4. The zero-order valence-electron chi connectivity index (χ0n) is 17.4. The van der Waals surface area contributed by atoms with Gasteiger partial charge in [-0.2, -0.15) is 0 Å². The highest BCUT2D eigenvalue weighted by Gasteiger charge is 2.50. The predicted molar refractivity (Wildman–Crippen MR) is 114 cm³/mol. The lowest BCUT2D eigenvalue weighted by Gasteiger charge is -2.43. The Morgan fingerprint density at radius 3 is 2.77 bits per heavy atom. The van der Waals surface area contributed by atoms with Gasteiger partial charge in [0, 0.05) is 26.2 Å². The molecule has 2 aliphatic heterocycles. The average Bonchev–Trinajstić information content (AvgIpc) is 2.75. The SMILES string of the molecule is O=C1Nc2nc(C(O)NC[C@H](O)CN3CCc4ccccc4C3)ccc2OC12CCC2. The monoisotopic (exact) mass is 424 g/mol. The van der Waals surface area contributed by atoms with Crippen molar-refractivity contribution in [3.63, 3.8) is 0 Å². The number of benzene rings is 1. The molecule has 3 heterocycles. The Morgan fingerprint density at radius 1 is 1.19 bits per heavy atom. The van der Waals surface area contributed by atoms with E-state index in [1.165, 1.54) is 11.1 Å². The minimum atomic E-state index is -1.06. The quantitative estimate of drug-likeness (QED) is 0.519. The number of fused-ring (bicyclic) bond motifs is 2. The van der Waals surface area contributed by atoms with E-state index in [1.54, 1.807) is 12.1 Å². The number of anilines is 1. The molecule has 8 nitrogen and oxygen atoms in total. The summed E-state index contributed by atoms with van der Waals surface area (Å²) in [6, 6.07) is 11.8. The van der Waals surface area contributed by atoms with Crippen molar-refractivity contribution in [1.29, 1.82) is 0 Å². The van der Waals surface area contributed by atoms with Gasteiger partial charge in [0.05, 0.1) is 11.8 Å². The summed E-state index contributed by atoms with van der Waals surface area (Å²) >= 11 is 0. The van der Waals surface area contributed by atoms with Crippen LogP contribution in [-0.2, 0) is 17.8 Å². The number of β-amino-alcohol motifs (C(OH)–C–C–N with tert-alkyl or cyclic N) is 1. The lowest BCUT2D eigenvalue weighted by Crippen LogP contribution is -2.55. The van der Waals surface area contributed by atoms with E-state index >= 15 is 0 Å². The van der Waals surface area contributed by atoms with Crippen LogP contribution in [0.3, 0.4) is 0 Å². The summed E-state index contributed by atoms with van der Waals surface area (Å²) < 4.78 is 5.89. The van der Waals surface area contributed by atoms with Crippen LogP contribution in [0, 0.1) is 0 Å². The lowest BCUT2D eigenvalue weighted by atomic mass is 9.78. The summed E-state index contributed by atoms with van der Waals surface area (Å²) in [5.41, 5.74) is 2.30. The lowest BCUT2D eigenvalue weighted by molar-refractivity contribution is -0.140. The molecule has 0 bridgehead atoms. The molecule has 2 atom stereocenters. The second-order valence-electron chi connectivity index (χ2n) is 8.71. The third-order valence-electron chi connectivity index (χ3n) is 6.50. The van der Waals surface area contributed by atoms with Crippen LogP contribution in [0.4, 0.5) is 5.82 Å². The number of aliphatic hydroxyl groups excluding tert-OH is 2. The Labute approximate surface area is 181 Å². The van der Waals surface area contributed by atoms with Crippen LogP contribution in [0.5, 0.6) is 5.75 Å². The number of nitrogens with zero attached hydrogens (tertiary/aromatic N) is 2. The van der Waals surface area contributed by atoms with Gasteiger partial charge in [0.25, 0.3) is 5.91 Å². The van der Waals surface area contributed by atoms with Crippen molar-refractivity contribution in [2.24, 2.45) is 0 Å². The van der Waals surface area contributed by atoms with E-state index in [1.807, 2.05) is 6.07 Å². The van der Waals surface area contributed by atoms with Crippen LogP contribution in [0.1, 0.15) is 42.3 Å². The molecule has 2 aromatic rings. The smallest absolute Gasteiger partial charge is 0.269 e. The van der Waals surface area contributed by atoms with Gasteiger partial charge in [-0.05, 0) is 48.9 Å². The van der Waals surface area contributed by atoms with Gasteiger partial charge in [-0.1, -0.05) is 24.3 Å². The highest BCUT2D eigenvalue weighted by molar-refractivity contribution is 6.00. The minimum Gasteiger partial charge on any atom is -0.474 e. The van der Waals surface area contributed by atoms with Crippen molar-refractivity contribution >= 4 is 11.7 Å². The van der Waals surface area contributed by atoms with Gasteiger partial charge in [0.1, 0.15) is 6.23 Å². The Hall–Kier alpha value is -2.52. The number of carbonyl (C=O) groups excluding carboxylic acids is 1. The summed E-state index contributed by atoms with van der Waals surface area (Å²) in [5, 5.41) is 26.7. The molecule has 1 aliphatic carbocycles. The molecule has 0 saturated heterocycles. The van der Waals surface area contributed by atoms with E-state index in [2.05, 4.69) is 38.7 Å². The summed E-state index contributed by atoms with van der Waals surface area (Å²) in [7, 11) is 0.